The van der Waals surface area contributed by atoms with Gasteiger partial charge in [0.25, 0.3) is 0 Å². The summed E-state index contributed by atoms with van der Waals surface area (Å²) in [6.45, 7) is 2.01. The second-order valence-corrected chi connectivity index (χ2v) is 4.17. The van der Waals surface area contributed by atoms with Crippen molar-refractivity contribution in [3.8, 4) is 0 Å². The van der Waals surface area contributed by atoms with Crippen LogP contribution in [0.5, 0.6) is 0 Å². The molecule has 1 aliphatic rings. The van der Waals surface area contributed by atoms with Crippen molar-refractivity contribution in [3.05, 3.63) is 22.4 Å². The molecule has 2 heterocycles. The maximum atomic E-state index is 11.7. The van der Waals surface area contributed by atoms with Crippen LogP contribution in [0.15, 0.2) is 16.8 Å². The Hall–Kier alpha value is -0.670. The molecular formula is C10H12O2S. The average molecular weight is 196 g/mol. The fraction of sp³-hybridized carbons (Fsp3) is 0.500. The van der Waals surface area contributed by atoms with Crippen LogP contribution in [0.3, 0.4) is 0 Å². The number of thiophene rings is 1. The van der Waals surface area contributed by atoms with Crippen LogP contribution in [-0.2, 0) is 4.74 Å². The minimum absolute atomic E-state index is 0.144. The van der Waals surface area contributed by atoms with Crippen LogP contribution in [-0.4, -0.2) is 18.0 Å². The number of hydrogen-bond acceptors (Lipinski definition) is 3. The van der Waals surface area contributed by atoms with Gasteiger partial charge in [0.2, 0.25) is 0 Å². The zero-order valence-electron chi connectivity index (χ0n) is 7.53. The topological polar surface area (TPSA) is 26.3 Å². The van der Waals surface area contributed by atoms with Gasteiger partial charge in [0, 0.05) is 10.9 Å². The highest BCUT2D eigenvalue weighted by molar-refractivity contribution is 7.08. The lowest BCUT2D eigenvalue weighted by atomic mass is 10.1. The molecule has 0 amide bonds. The van der Waals surface area contributed by atoms with E-state index in [4.69, 9.17) is 4.74 Å². The maximum absolute atomic E-state index is 11.7. The summed E-state index contributed by atoms with van der Waals surface area (Å²) in [6, 6.07) is 1.86. The molecule has 0 aromatic carbocycles. The fourth-order valence-corrected chi connectivity index (χ4v) is 2.23. The highest BCUT2D eigenvalue weighted by atomic mass is 32.1. The molecule has 2 atom stereocenters. The molecule has 0 bridgehead atoms. The van der Waals surface area contributed by atoms with Gasteiger partial charge in [-0.2, -0.15) is 11.3 Å². The van der Waals surface area contributed by atoms with Crippen LogP contribution < -0.4 is 0 Å². The molecule has 0 saturated carbocycles. The summed E-state index contributed by atoms with van der Waals surface area (Å²) in [5, 5.41) is 3.81. The third kappa shape index (κ3) is 1.81. The number of ether oxygens (including phenoxy) is 1. The summed E-state index contributed by atoms with van der Waals surface area (Å²) in [4.78, 5) is 11.7. The number of carbonyl (C=O) groups is 1. The van der Waals surface area contributed by atoms with Crippen LogP contribution in [0.2, 0.25) is 0 Å². The Labute approximate surface area is 81.5 Å². The van der Waals surface area contributed by atoms with Crippen LogP contribution in [0.25, 0.3) is 0 Å². The minimum Gasteiger partial charge on any atom is -0.367 e. The summed E-state index contributed by atoms with van der Waals surface area (Å²) in [5.74, 6) is 0.144. The summed E-state index contributed by atoms with van der Waals surface area (Å²) >= 11 is 1.55. The lowest BCUT2D eigenvalue weighted by molar-refractivity contribution is 0.0434. The van der Waals surface area contributed by atoms with Crippen molar-refractivity contribution < 1.29 is 9.53 Å². The highest BCUT2D eigenvalue weighted by Crippen LogP contribution is 2.23. The average Bonchev–Trinajstić information content (AvgIpc) is 2.72. The van der Waals surface area contributed by atoms with Gasteiger partial charge in [-0.15, -0.1) is 0 Å². The van der Waals surface area contributed by atoms with Gasteiger partial charge in [0.15, 0.2) is 5.78 Å². The van der Waals surface area contributed by atoms with Gasteiger partial charge in [0.1, 0.15) is 6.10 Å². The van der Waals surface area contributed by atoms with E-state index in [1.807, 2.05) is 23.8 Å². The number of Topliss-reactive ketones (excluding diaryl/α,β-unsaturated/α-hetero) is 1. The Morgan fingerprint density at radius 3 is 3.00 bits per heavy atom. The maximum Gasteiger partial charge on any atom is 0.192 e. The van der Waals surface area contributed by atoms with Crippen molar-refractivity contribution in [3.63, 3.8) is 0 Å². The first-order valence-electron chi connectivity index (χ1n) is 4.49. The predicted molar refractivity (Wildman–Crippen MR) is 52.2 cm³/mol. The van der Waals surface area contributed by atoms with Crippen molar-refractivity contribution in [2.45, 2.75) is 32.0 Å². The van der Waals surface area contributed by atoms with Crippen molar-refractivity contribution >= 4 is 17.1 Å². The molecule has 13 heavy (non-hydrogen) atoms. The molecular weight excluding hydrogens is 184 g/mol. The molecule has 1 aromatic heterocycles. The number of rotatable bonds is 2. The summed E-state index contributed by atoms with van der Waals surface area (Å²) < 4.78 is 5.50. The molecule has 0 N–H and O–H groups in total. The summed E-state index contributed by atoms with van der Waals surface area (Å²) in [7, 11) is 0. The number of carbonyl (C=O) groups excluding carboxylic acids is 1. The zero-order chi connectivity index (χ0) is 9.26. The Kier molecular flexibility index (Phi) is 2.47. The van der Waals surface area contributed by atoms with Crippen molar-refractivity contribution in [2.75, 3.05) is 0 Å². The molecule has 0 aliphatic carbocycles. The third-order valence-electron chi connectivity index (χ3n) is 2.33. The van der Waals surface area contributed by atoms with Crippen LogP contribution in [0.4, 0.5) is 0 Å². The first-order valence-corrected chi connectivity index (χ1v) is 5.43. The monoisotopic (exact) mass is 196 g/mol. The van der Waals surface area contributed by atoms with Gasteiger partial charge in [-0.3, -0.25) is 4.79 Å². The molecule has 70 valence electrons. The molecule has 1 saturated heterocycles. The van der Waals surface area contributed by atoms with Gasteiger partial charge in [-0.25, -0.2) is 0 Å². The van der Waals surface area contributed by atoms with E-state index in [1.54, 1.807) is 11.3 Å². The molecule has 2 rings (SSSR count). The van der Waals surface area contributed by atoms with E-state index in [2.05, 4.69) is 0 Å². The van der Waals surface area contributed by atoms with Gasteiger partial charge in [-0.1, -0.05) is 0 Å². The molecule has 0 spiro atoms. The van der Waals surface area contributed by atoms with E-state index in [-0.39, 0.29) is 18.0 Å². The van der Waals surface area contributed by atoms with Crippen LogP contribution in [0.1, 0.15) is 30.1 Å². The van der Waals surface area contributed by atoms with Crippen LogP contribution >= 0.6 is 11.3 Å². The quantitative estimate of drug-likeness (QED) is 0.679. The van der Waals surface area contributed by atoms with E-state index >= 15 is 0 Å². The molecule has 3 heteroatoms. The molecule has 0 radical (unpaired) electrons. The first-order chi connectivity index (χ1) is 6.27. The second kappa shape index (κ2) is 3.60. The van der Waals surface area contributed by atoms with E-state index < -0.39 is 0 Å². The molecule has 2 nitrogen and oxygen atoms in total. The number of ketones is 1. The normalized spacial score (nSPS) is 27.8. The molecule has 1 aliphatic heterocycles. The Balaban J connectivity index is 2.06. The van der Waals surface area contributed by atoms with E-state index in [0.717, 1.165) is 18.4 Å². The largest absolute Gasteiger partial charge is 0.367 e. The van der Waals surface area contributed by atoms with Crippen molar-refractivity contribution in [1.29, 1.82) is 0 Å². The van der Waals surface area contributed by atoms with E-state index in [9.17, 15) is 4.79 Å². The van der Waals surface area contributed by atoms with Crippen LogP contribution in [0, 0.1) is 0 Å². The van der Waals surface area contributed by atoms with Crippen molar-refractivity contribution in [1.82, 2.24) is 0 Å². The van der Waals surface area contributed by atoms with Crippen molar-refractivity contribution in [2.24, 2.45) is 0 Å². The smallest absolute Gasteiger partial charge is 0.192 e. The highest BCUT2D eigenvalue weighted by Gasteiger charge is 2.28. The lowest BCUT2D eigenvalue weighted by Gasteiger charge is -2.07. The van der Waals surface area contributed by atoms with E-state index in [0.29, 0.717) is 0 Å². The summed E-state index contributed by atoms with van der Waals surface area (Å²) in [6.07, 6.45) is 1.92. The third-order valence-corrected chi connectivity index (χ3v) is 3.01. The Morgan fingerprint density at radius 1 is 1.62 bits per heavy atom. The standard InChI is InChI=1S/C10H12O2S/c1-7-2-3-9(12-7)10(11)8-4-5-13-6-8/h4-7,9H,2-3H2,1H3. The molecule has 1 aromatic rings. The van der Waals surface area contributed by atoms with Gasteiger partial charge in [-0.05, 0) is 31.2 Å². The summed E-state index contributed by atoms with van der Waals surface area (Å²) in [5.41, 5.74) is 0.795. The van der Waals surface area contributed by atoms with Gasteiger partial charge >= 0.3 is 0 Å². The Bertz CT molecular complexity index is 292. The molecule has 2 unspecified atom stereocenters. The van der Waals surface area contributed by atoms with Gasteiger partial charge in [0.05, 0.1) is 6.10 Å². The zero-order valence-corrected chi connectivity index (χ0v) is 8.34. The minimum atomic E-state index is -0.190. The van der Waals surface area contributed by atoms with Gasteiger partial charge < -0.3 is 4.74 Å². The fourth-order valence-electron chi connectivity index (χ4n) is 1.59. The second-order valence-electron chi connectivity index (χ2n) is 3.39. The molecule has 1 fully saturated rings. The first kappa shape index (κ1) is 8.91. The Morgan fingerprint density at radius 2 is 2.46 bits per heavy atom. The SMILES string of the molecule is CC1CCC(C(=O)c2ccsc2)O1. The number of hydrogen-bond donors (Lipinski definition) is 0. The van der Waals surface area contributed by atoms with E-state index in [1.165, 1.54) is 0 Å². The predicted octanol–water partition coefficient (Wildman–Crippen LogP) is 2.50. The lowest BCUT2D eigenvalue weighted by Crippen LogP contribution is -2.20.